The van der Waals surface area contributed by atoms with Crippen LogP contribution in [0.2, 0.25) is 0 Å². The molecule has 2 aromatic carbocycles. The molecule has 0 bridgehead atoms. The maximum Gasteiger partial charge on any atom is 0.198 e. The fraction of sp³-hybridized carbons (Fsp3) is 0.462. The molecule has 2 aromatic rings. The first-order valence-electron chi connectivity index (χ1n) is 12.0. The lowest BCUT2D eigenvalue weighted by Crippen LogP contribution is -2.56. The summed E-state index contributed by atoms with van der Waals surface area (Å²) in [5, 5.41) is 74.7. The molecule has 0 aromatic heterocycles. The summed E-state index contributed by atoms with van der Waals surface area (Å²) >= 11 is 1.83. The highest BCUT2D eigenvalue weighted by Gasteiger charge is 2.51. The van der Waals surface area contributed by atoms with Gasteiger partial charge in [0, 0.05) is 35.1 Å². The molecule has 11 nitrogen and oxygen atoms in total. The van der Waals surface area contributed by atoms with Gasteiger partial charge in [0.1, 0.15) is 23.7 Å². The summed E-state index contributed by atoms with van der Waals surface area (Å²) < 4.78 is 11.0. The van der Waals surface area contributed by atoms with E-state index in [1.165, 1.54) is 19.1 Å². The quantitative estimate of drug-likeness (QED) is 0.117. The number of fused-ring (bicyclic) bond motifs is 3. The Balaban J connectivity index is 1.67. The van der Waals surface area contributed by atoms with Gasteiger partial charge in [-0.3, -0.25) is 9.59 Å². The lowest BCUT2D eigenvalue weighted by Gasteiger charge is -2.45. The fourth-order valence-corrected chi connectivity index (χ4v) is 6.28. The molecule has 0 saturated carbocycles. The molecule has 1 fully saturated rings. The van der Waals surface area contributed by atoms with Gasteiger partial charge in [-0.2, -0.15) is 0 Å². The Morgan fingerprint density at radius 1 is 1.08 bits per heavy atom. The summed E-state index contributed by atoms with van der Waals surface area (Å²) in [7, 11) is 0. The fourth-order valence-electron chi connectivity index (χ4n) is 5.51. The third-order valence-electron chi connectivity index (χ3n) is 7.66. The van der Waals surface area contributed by atoms with Crippen LogP contribution < -0.4 is 0 Å². The van der Waals surface area contributed by atoms with Crippen LogP contribution in [0.25, 0.3) is 0 Å². The van der Waals surface area contributed by atoms with Gasteiger partial charge < -0.3 is 45.2 Å². The highest BCUT2D eigenvalue weighted by molar-refractivity contribution is 14.1. The Hall–Kier alpha value is -2.17. The second kappa shape index (κ2) is 9.78. The van der Waals surface area contributed by atoms with Crippen molar-refractivity contribution >= 4 is 34.2 Å². The van der Waals surface area contributed by atoms with Gasteiger partial charge in [-0.05, 0) is 6.92 Å². The molecule has 3 aliphatic rings. The van der Waals surface area contributed by atoms with Crippen LogP contribution in [0.4, 0.5) is 0 Å². The molecule has 38 heavy (non-hydrogen) atoms. The minimum absolute atomic E-state index is 0.0406. The number of ether oxygens (including phenoxy) is 2. The lowest BCUT2D eigenvalue weighted by atomic mass is 9.71. The Morgan fingerprint density at radius 2 is 1.66 bits per heavy atom. The van der Waals surface area contributed by atoms with Crippen LogP contribution in [0.15, 0.2) is 24.3 Å². The number of carbonyl (C=O) groups is 2. The number of aromatic hydroxyl groups is 2. The summed E-state index contributed by atoms with van der Waals surface area (Å²) in [4.78, 5) is 26.7. The maximum absolute atomic E-state index is 13.4. The predicted molar refractivity (Wildman–Crippen MR) is 137 cm³/mol. The number of rotatable bonds is 4. The Labute approximate surface area is 230 Å². The number of aliphatic hydroxyl groups is 5. The number of phenols is 2. The van der Waals surface area contributed by atoms with Gasteiger partial charge >= 0.3 is 0 Å². The number of aliphatic hydroxyl groups excluding tert-OH is 4. The molecular formula is C26H27IO11. The number of benzene rings is 2. The summed E-state index contributed by atoms with van der Waals surface area (Å²) in [5.74, 6) is -2.67. The SMILES string of the molecule is C[C@@H]1O[C@@H](O[C@H]2C[C@](O)([C@H](O)CO)Cc3c(O)c4c(c(O)c32)C(=O)c2ccccc2C4=O)[C@H](I)[C@@H](O)[C@H]1O. The van der Waals surface area contributed by atoms with Gasteiger partial charge in [-0.15, -0.1) is 0 Å². The van der Waals surface area contributed by atoms with Crippen LogP contribution in [0.5, 0.6) is 11.5 Å². The number of hydrogen-bond acceptors (Lipinski definition) is 11. The highest BCUT2D eigenvalue weighted by atomic mass is 127. The molecule has 1 aliphatic heterocycles. The molecule has 8 atom stereocenters. The number of phenolic OH excluding ortho intramolecular Hbond substituents is 2. The predicted octanol–water partition coefficient (Wildman–Crippen LogP) is 0.232. The van der Waals surface area contributed by atoms with E-state index in [1.54, 1.807) is 12.1 Å². The zero-order valence-electron chi connectivity index (χ0n) is 20.1. The monoisotopic (exact) mass is 642 g/mol. The van der Waals surface area contributed by atoms with E-state index in [0.717, 1.165) is 0 Å². The molecule has 5 rings (SSSR count). The standard InChI is InChI=1S/C26H27IO11/c1-9-19(30)24(35)18(27)25(37-9)38-13-7-26(36,14(29)8-28)6-12-15(13)23(34)17-16(22(12)33)20(31)10-4-2-3-5-11(10)21(17)32/h2-5,9,13-14,18-19,24-25,28-30,33-36H,6-8H2,1H3/t9-,13-,14+,18+,19-,24+,25-,26-/m0/s1. The van der Waals surface area contributed by atoms with Crippen LogP contribution in [0.3, 0.4) is 0 Å². The Kier molecular flexibility index (Phi) is 7.05. The van der Waals surface area contributed by atoms with Gasteiger partial charge in [0.05, 0.1) is 45.6 Å². The first kappa shape index (κ1) is 27.4. The minimum atomic E-state index is -2.07. The van der Waals surface area contributed by atoms with E-state index in [-0.39, 0.29) is 22.3 Å². The highest BCUT2D eigenvalue weighted by Crippen LogP contribution is 2.52. The Bertz CT molecular complexity index is 1310. The average molecular weight is 642 g/mol. The molecule has 1 heterocycles. The molecule has 0 spiro atoms. The minimum Gasteiger partial charge on any atom is -0.507 e. The van der Waals surface area contributed by atoms with Gasteiger partial charge in [-0.1, -0.05) is 46.9 Å². The van der Waals surface area contributed by atoms with Crippen LogP contribution in [0, 0.1) is 0 Å². The van der Waals surface area contributed by atoms with E-state index >= 15 is 0 Å². The zero-order valence-corrected chi connectivity index (χ0v) is 22.3. The van der Waals surface area contributed by atoms with Crippen molar-refractivity contribution in [3.8, 4) is 11.5 Å². The van der Waals surface area contributed by atoms with Crippen LogP contribution in [-0.4, -0.2) is 94.2 Å². The number of halogens is 1. The second-order valence-corrected chi connectivity index (χ2v) is 11.4. The van der Waals surface area contributed by atoms with Crippen LogP contribution in [-0.2, 0) is 15.9 Å². The summed E-state index contributed by atoms with van der Waals surface area (Å²) in [6.45, 7) is 0.687. The van der Waals surface area contributed by atoms with E-state index in [4.69, 9.17) is 9.47 Å². The average Bonchev–Trinajstić information content (AvgIpc) is 2.90. The van der Waals surface area contributed by atoms with Crippen molar-refractivity contribution in [3.05, 3.63) is 57.6 Å². The number of alkyl halides is 1. The molecule has 0 amide bonds. The van der Waals surface area contributed by atoms with E-state index < -0.39 is 100.0 Å². The zero-order chi connectivity index (χ0) is 27.7. The van der Waals surface area contributed by atoms with Crippen molar-refractivity contribution < 1.29 is 54.8 Å². The van der Waals surface area contributed by atoms with Crippen LogP contribution in [0.1, 0.15) is 62.4 Å². The number of ketones is 2. The van der Waals surface area contributed by atoms with E-state index in [1.807, 2.05) is 22.6 Å². The topological polar surface area (TPSA) is 194 Å². The summed E-state index contributed by atoms with van der Waals surface area (Å²) in [6.07, 6.45) is -8.34. The van der Waals surface area contributed by atoms with E-state index in [2.05, 4.69) is 0 Å². The third kappa shape index (κ3) is 4.05. The molecular weight excluding hydrogens is 615 g/mol. The molecule has 0 radical (unpaired) electrons. The molecule has 0 unspecified atom stereocenters. The van der Waals surface area contributed by atoms with E-state index in [9.17, 15) is 45.3 Å². The van der Waals surface area contributed by atoms with Crippen molar-refractivity contribution in [1.82, 2.24) is 0 Å². The first-order valence-corrected chi connectivity index (χ1v) is 13.3. The third-order valence-corrected chi connectivity index (χ3v) is 8.99. The van der Waals surface area contributed by atoms with Crippen molar-refractivity contribution in [2.24, 2.45) is 0 Å². The molecule has 12 heteroatoms. The Morgan fingerprint density at radius 3 is 2.24 bits per heavy atom. The number of hydrogen-bond donors (Lipinski definition) is 7. The first-order chi connectivity index (χ1) is 17.9. The number of carbonyl (C=O) groups excluding carboxylic acids is 2. The van der Waals surface area contributed by atoms with Gasteiger partial charge in [0.25, 0.3) is 0 Å². The maximum atomic E-state index is 13.4. The van der Waals surface area contributed by atoms with Crippen molar-refractivity contribution in [2.75, 3.05) is 6.61 Å². The van der Waals surface area contributed by atoms with Gasteiger partial charge in [0.2, 0.25) is 0 Å². The normalized spacial score (nSPS) is 33.3. The molecule has 2 aliphatic carbocycles. The lowest BCUT2D eigenvalue weighted by molar-refractivity contribution is -0.262. The summed E-state index contributed by atoms with van der Waals surface area (Å²) in [5.41, 5.74) is -3.04. The van der Waals surface area contributed by atoms with Gasteiger partial charge in [-0.25, -0.2) is 0 Å². The largest absolute Gasteiger partial charge is 0.507 e. The van der Waals surface area contributed by atoms with E-state index in [0.29, 0.717) is 0 Å². The molecule has 7 N–H and O–H groups in total. The van der Waals surface area contributed by atoms with Crippen LogP contribution >= 0.6 is 22.6 Å². The van der Waals surface area contributed by atoms with Gasteiger partial charge in [0.15, 0.2) is 17.9 Å². The second-order valence-electron chi connectivity index (χ2n) is 9.99. The van der Waals surface area contributed by atoms with Crippen molar-refractivity contribution in [1.29, 1.82) is 0 Å². The van der Waals surface area contributed by atoms with Crippen molar-refractivity contribution in [2.45, 2.75) is 66.1 Å². The smallest absolute Gasteiger partial charge is 0.198 e. The summed E-state index contributed by atoms with van der Waals surface area (Å²) in [6, 6.07) is 5.98. The molecule has 204 valence electrons. The molecule has 1 saturated heterocycles. The van der Waals surface area contributed by atoms with Crippen molar-refractivity contribution in [3.63, 3.8) is 0 Å².